The molecular weight excluding hydrogens is 424 g/mol. The molecule has 6 nitrogen and oxygen atoms in total. The first-order valence-electron chi connectivity index (χ1n) is 10.4. The molecule has 0 radical (unpaired) electrons. The molecule has 0 saturated carbocycles. The van der Waals surface area contributed by atoms with Gasteiger partial charge in [0.2, 0.25) is 0 Å². The summed E-state index contributed by atoms with van der Waals surface area (Å²) in [5.74, 6) is 0.554. The Balaban J connectivity index is 1.63. The lowest BCUT2D eigenvalue weighted by Crippen LogP contribution is -2.28. The Labute approximate surface area is 188 Å². The molecule has 0 unspecified atom stereocenters. The highest BCUT2D eigenvalue weighted by Crippen LogP contribution is 2.33. The average molecular weight is 451 g/mol. The van der Waals surface area contributed by atoms with E-state index in [0.29, 0.717) is 34.7 Å². The van der Waals surface area contributed by atoms with Crippen LogP contribution in [-0.4, -0.2) is 28.0 Å². The topological polar surface area (TPSA) is 75.7 Å². The van der Waals surface area contributed by atoms with Gasteiger partial charge in [-0.15, -0.1) is 0 Å². The van der Waals surface area contributed by atoms with Crippen molar-refractivity contribution in [1.82, 2.24) is 0 Å². The highest BCUT2D eigenvalue weighted by atomic mass is 32.2. The first-order chi connectivity index (χ1) is 15.2. The minimum atomic E-state index is -3.77. The summed E-state index contributed by atoms with van der Waals surface area (Å²) in [6, 6.07) is 16.0. The molecule has 1 aliphatic rings. The van der Waals surface area contributed by atoms with E-state index in [-0.39, 0.29) is 10.8 Å². The summed E-state index contributed by atoms with van der Waals surface area (Å²) >= 11 is 0. The summed E-state index contributed by atoms with van der Waals surface area (Å²) in [6.45, 7) is 6.09. The van der Waals surface area contributed by atoms with E-state index in [9.17, 15) is 13.2 Å². The number of amides is 1. The number of carbonyl (C=O) groups excluding carboxylic acids is 1. The molecule has 0 aromatic heterocycles. The number of rotatable bonds is 5. The van der Waals surface area contributed by atoms with Crippen LogP contribution in [0.1, 0.15) is 32.6 Å². The van der Waals surface area contributed by atoms with Crippen molar-refractivity contribution in [3.63, 3.8) is 0 Å². The summed E-state index contributed by atoms with van der Waals surface area (Å²) in [5, 5.41) is 0. The van der Waals surface area contributed by atoms with Crippen molar-refractivity contribution in [2.75, 3.05) is 23.3 Å². The quantitative estimate of drug-likeness (QED) is 0.615. The van der Waals surface area contributed by atoms with Gasteiger partial charge in [-0.05, 0) is 80.3 Å². The van der Waals surface area contributed by atoms with Crippen LogP contribution in [0.25, 0.3) is 0 Å². The van der Waals surface area contributed by atoms with Crippen LogP contribution in [0.4, 0.5) is 11.4 Å². The fraction of sp³-hybridized carbons (Fsp3) is 0.240. The lowest BCUT2D eigenvalue weighted by molar-refractivity contribution is 0.0989. The number of nitrogens with one attached hydrogen (secondary N) is 1. The predicted octanol–water partition coefficient (Wildman–Crippen LogP) is 4.62. The van der Waals surface area contributed by atoms with Gasteiger partial charge in [-0.3, -0.25) is 9.52 Å². The predicted molar refractivity (Wildman–Crippen MR) is 126 cm³/mol. The van der Waals surface area contributed by atoms with E-state index >= 15 is 0 Å². The highest BCUT2D eigenvalue weighted by Gasteiger charge is 2.27. The molecule has 0 atom stereocenters. The zero-order chi connectivity index (χ0) is 23.0. The molecule has 0 saturated heterocycles. The second kappa shape index (κ2) is 8.31. The molecule has 1 N–H and O–H groups in total. The van der Waals surface area contributed by atoms with Gasteiger partial charge >= 0.3 is 0 Å². The van der Waals surface area contributed by atoms with Gasteiger partial charge in [-0.25, -0.2) is 8.42 Å². The van der Waals surface area contributed by atoms with Gasteiger partial charge < -0.3 is 9.64 Å². The second-order valence-corrected chi connectivity index (χ2v) is 9.73. The summed E-state index contributed by atoms with van der Waals surface area (Å²) in [7, 11) is -2.19. The number of ether oxygens (including phenoxy) is 1. The Morgan fingerprint density at radius 3 is 2.25 bits per heavy atom. The molecule has 32 heavy (non-hydrogen) atoms. The van der Waals surface area contributed by atoms with Crippen molar-refractivity contribution in [2.45, 2.75) is 32.1 Å². The SMILES string of the molecule is COc1ccc(C(=O)N2CCc3ccc(NS(=O)(=O)c4c(C)cc(C)cc4C)cc32)cc1. The van der Waals surface area contributed by atoms with E-state index in [1.165, 1.54) is 0 Å². The molecule has 0 aliphatic carbocycles. The Hall–Kier alpha value is -3.32. The fourth-order valence-electron chi connectivity index (χ4n) is 4.34. The Bertz CT molecular complexity index is 1280. The zero-order valence-corrected chi connectivity index (χ0v) is 19.4. The first kappa shape index (κ1) is 21.9. The summed E-state index contributed by atoms with van der Waals surface area (Å²) in [4.78, 5) is 15.1. The molecule has 0 spiro atoms. The van der Waals surface area contributed by atoms with E-state index in [0.717, 1.165) is 23.2 Å². The molecule has 1 aliphatic heterocycles. The summed E-state index contributed by atoms with van der Waals surface area (Å²) in [5.41, 5.74) is 5.14. The van der Waals surface area contributed by atoms with Gasteiger partial charge in [0.1, 0.15) is 5.75 Å². The molecule has 4 rings (SSSR count). The molecule has 3 aromatic rings. The average Bonchev–Trinajstić information content (AvgIpc) is 3.15. The third-order valence-corrected chi connectivity index (χ3v) is 7.37. The van der Waals surface area contributed by atoms with E-state index in [1.54, 1.807) is 62.3 Å². The number of benzene rings is 3. The first-order valence-corrected chi connectivity index (χ1v) is 11.9. The molecule has 0 bridgehead atoms. The molecule has 0 fully saturated rings. The number of nitrogens with zero attached hydrogens (tertiary/aromatic N) is 1. The summed E-state index contributed by atoms with van der Waals surface area (Å²) < 4.78 is 34.2. The molecule has 1 heterocycles. The molecule has 166 valence electrons. The maximum Gasteiger partial charge on any atom is 0.262 e. The molecule has 3 aromatic carbocycles. The lowest BCUT2D eigenvalue weighted by atomic mass is 10.1. The van der Waals surface area contributed by atoms with Crippen LogP contribution >= 0.6 is 0 Å². The van der Waals surface area contributed by atoms with Crippen molar-refractivity contribution in [1.29, 1.82) is 0 Å². The van der Waals surface area contributed by atoms with Gasteiger partial charge in [0.15, 0.2) is 0 Å². The van der Waals surface area contributed by atoms with Crippen LogP contribution in [-0.2, 0) is 16.4 Å². The van der Waals surface area contributed by atoms with Crippen molar-refractivity contribution >= 4 is 27.3 Å². The highest BCUT2D eigenvalue weighted by molar-refractivity contribution is 7.92. The van der Waals surface area contributed by atoms with Crippen molar-refractivity contribution < 1.29 is 17.9 Å². The fourth-order valence-corrected chi connectivity index (χ4v) is 5.84. The number of hydrogen-bond acceptors (Lipinski definition) is 4. The lowest BCUT2D eigenvalue weighted by Gasteiger charge is -2.19. The Morgan fingerprint density at radius 2 is 1.62 bits per heavy atom. The van der Waals surface area contributed by atoms with E-state index in [4.69, 9.17) is 4.74 Å². The number of sulfonamides is 1. The van der Waals surface area contributed by atoms with Crippen molar-refractivity contribution in [3.8, 4) is 5.75 Å². The van der Waals surface area contributed by atoms with Crippen LogP contribution < -0.4 is 14.4 Å². The second-order valence-electron chi connectivity index (χ2n) is 8.11. The number of methoxy groups -OCH3 is 1. The van der Waals surface area contributed by atoms with E-state index in [2.05, 4.69) is 4.72 Å². The van der Waals surface area contributed by atoms with Gasteiger partial charge in [-0.1, -0.05) is 23.8 Å². The number of carbonyl (C=O) groups is 1. The van der Waals surface area contributed by atoms with Crippen LogP contribution in [0.2, 0.25) is 0 Å². The van der Waals surface area contributed by atoms with E-state index < -0.39 is 10.0 Å². The maximum absolute atomic E-state index is 13.1. The van der Waals surface area contributed by atoms with Gasteiger partial charge in [0, 0.05) is 17.8 Å². The Morgan fingerprint density at radius 1 is 0.969 bits per heavy atom. The third kappa shape index (κ3) is 4.08. The molecular formula is C25H26N2O4S. The number of fused-ring (bicyclic) bond motifs is 1. The molecule has 1 amide bonds. The van der Waals surface area contributed by atoms with Crippen LogP contribution in [0.5, 0.6) is 5.75 Å². The van der Waals surface area contributed by atoms with Crippen LogP contribution in [0.3, 0.4) is 0 Å². The van der Waals surface area contributed by atoms with Gasteiger partial charge in [-0.2, -0.15) is 0 Å². The number of aryl methyl sites for hydroxylation is 3. The normalized spacial score (nSPS) is 13.1. The van der Waals surface area contributed by atoms with Crippen molar-refractivity contribution in [2.24, 2.45) is 0 Å². The monoisotopic (exact) mass is 450 g/mol. The smallest absolute Gasteiger partial charge is 0.262 e. The summed E-state index contributed by atoms with van der Waals surface area (Å²) in [6.07, 6.45) is 0.723. The van der Waals surface area contributed by atoms with Gasteiger partial charge in [0.25, 0.3) is 15.9 Å². The Kier molecular flexibility index (Phi) is 5.69. The largest absolute Gasteiger partial charge is 0.497 e. The number of anilines is 2. The third-order valence-electron chi connectivity index (χ3n) is 5.69. The van der Waals surface area contributed by atoms with Crippen molar-refractivity contribution in [3.05, 3.63) is 82.4 Å². The van der Waals surface area contributed by atoms with E-state index in [1.807, 2.05) is 25.1 Å². The minimum Gasteiger partial charge on any atom is -0.497 e. The molecule has 7 heteroatoms. The minimum absolute atomic E-state index is 0.128. The standard InChI is InChI=1S/C25H26N2O4S/c1-16-13-17(2)24(18(3)14-16)32(29,30)26-21-8-5-19-11-12-27(23(19)15-21)25(28)20-6-9-22(31-4)10-7-20/h5-10,13-15,26H,11-12H2,1-4H3. The van der Waals surface area contributed by atoms with Gasteiger partial charge in [0.05, 0.1) is 17.7 Å². The zero-order valence-electron chi connectivity index (χ0n) is 18.6. The number of hydrogen-bond donors (Lipinski definition) is 1. The van der Waals surface area contributed by atoms with Crippen LogP contribution in [0.15, 0.2) is 59.5 Å². The maximum atomic E-state index is 13.1. The van der Waals surface area contributed by atoms with Crippen LogP contribution in [0, 0.1) is 20.8 Å².